The molecule has 0 saturated carbocycles. The third-order valence-electron chi connectivity index (χ3n) is 6.55. The summed E-state index contributed by atoms with van der Waals surface area (Å²) in [6.45, 7) is 0. The SMILES string of the molecule is Nc1ccccc1NC(=O)/C(=C\[P+](c1ccccc1)(c1ccccc1)c1ccccc1)NC(=O)c1ccccc1. The Morgan fingerprint density at radius 3 is 1.48 bits per heavy atom. The lowest BCUT2D eigenvalue weighted by atomic mass is 10.2. The molecule has 196 valence electrons. The molecule has 0 unspecified atom stereocenters. The minimum Gasteiger partial charge on any atom is -0.397 e. The maximum absolute atomic E-state index is 14.0. The quantitative estimate of drug-likeness (QED) is 0.138. The van der Waals surface area contributed by atoms with Crippen LogP contribution in [0.4, 0.5) is 11.4 Å². The first kappa shape index (κ1) is 26.6. The predicted molar refractivity (Wildman–Crippen MR) is 167 cm³/mol. The van der Waals surface area contributed by atoms with Crippen molar-refractivity contribution in [2.24, 2.45) is 0 Å². The van der Waals surface area contributed by atoms with Crippen LogP contribution >= 0.6 is 7.26 Å². The first-order valence-corrected chi connectivity index (χ1v) is 14.7. The summed E-state index contributed by atoms with van der Waals surface area (Å²) in [6.07, 6.45) is 0. The molecule has 40 heavy (non-hydrogen) atoms. The van der Waals surface area contributed by atoms with Crippen molar-refractivity contribution in [2.75, 3.05) is 11.1 Å². The average molecular weight is 543 g/mol. The number of para-hydroxylation sites is 2. The molecule has 0 heterocycles. The third kappa shape index (κ3) is 5.70. The Bertz CT molecular complexity index is 1530. The molecule has 0 aliphatic carbocycles. The molecule has 5 aromatic carbocycles. The van der Waals surface area contributed by atoms with Gasteiger partial charge in [0, 0.05) is 5.56 Å². The molecule has 6 heteroatoms. The number of hydrogen-bond acceptors (Lipinski definition) is 3. The van der Waals surface area contributed by atoms with Gasteiger partial charge in [0.25, 0.3) is 11.8 Å². The van der Waals surface area contributed by atoms with Crippen LogP contribution in [-0.2, 0) is 4.79 Å². The minimum absolute atomic E-state index is 0.141. The van der Waals surface area contributed by atoms with Gasteiger partial charge in [0.15, 0.2) is 0 Å². The van der Waals surface area contributed by atoms with E-state index in [1.54, 1.807) is 48.5 Å². The van der Waals surface area contributed by atoms with Gasteiger partial charge >= 0.3 is 0 Å². The molecule has 0 aliphatic rings. The zero-order chi connectivity index (χ0) is 27.8. The number of nitrogen functional groups attached to an aromatic ring is 1. The first-order chi connectivity index (χ1) is 19.6. The first-order valence-electron chi connectivity index (χ1n) is 12.9. The summed E-state index contributed by atoms with van der Waals surface area (Å²) in [7, 11) is -2.60. The van der Waals surface area contributed by atoms with E-state index in [-0.39, 0.29) is 11.6 Å². The van der Waals surface area contributed by atoms with Crippen LogP contribution in [0.2, 0.25) is 0 Å². The minimum atomic E-state index is -2.60. The van der Waals surface area contributed by atoms with Crippen LogP contribution in [0.5, 0.6) is 0 Å². The van der Waals surface area contributed by atoms with E-state index >= 15 is 0 Å². The molecule has 0 bridgehead atoms. The summed E-state index contributed by atoms with van der Waals surface area (Å²) in [5, 5.41) is 8.99. The number of carbonyl (C=O) groups is 2. The highest BCUT2D eigenvalue weighted by Gasteiger charge is 2.45. The molecular weight excluding hydrogens is 513 g/mol. The average Bonchev–Trinajstić information content (AvgIpc) is 3.02. The van der Waals surface area contributed by atoms with E-state index in [1.165, 1.54) is 0 Å². The molecule has 0 aromatic heterocycles. The zero-order valence-corrected chi connectivity index (χ0v) is 22.7. The number of hydrogen-bond donors (Lipinski definition) is 3. The van der Waals surface area contributed by atoms with Crippen LogP contribution in [-0.4, -0.2) is 11.8 Å². The van der Waals surface area contributed by atoms with Gasteiger partial charge in [0.1, 0.15) is 34.7 Å². The van der Waals surface area contributed by atoms with Gasteiger partial charge in [-0.05, 0) is 60.7 Å². The van der Waals surface area contributed by atoms with Crippen LogP contribution in [0.1, 0.15) is 10.4 Å². The second-order valence-electron chi connectivity index (χ2n) is 9.13. The fourth-order valence-electron chi connectivity index (χ4n) is 4.59. The van der Waals surface area contributed by atoms with Gasteiger partial charge in [-0.3, -0.25) is 9.59 Å². The van der Waals surface area contributed by atoms with Gasteiger partial charge in [0.05, 0.1) is 11.4 Å². The van der Waals surface area contributed by atoms with Gasteiger partial charge in [-0.1, -0.05) is 84.9 Å². The van der Waals surface area contributed by atoms with Gasteiger partial charge in [-0.2, -0.15) is 0 Å². The summed E-state index contributed by atoms with van der Waals surface area (Å²) < 4.78 is 0. The summed E-state index contributed by atoms with van der Waals surface area (Å²) in [6, 6.07) is 46.3. The Hall–Kier alpha value is -4.99. The van der Waals surface area contributed by atoms with E-state index in [4.69, 9.17) is 5.73 Å². The number of rotatable bonds is 8. The number of amides is 2. The lowest BCUT2D eigenvalue weighted by Gasteiger charge is -2.25. The van der Waals surface area contributed by atoms with E-state index in [0.29, 0.717) is 16.9 Å². The lowest BCUT2D eigenvalue weighted by molar-refractivity contribution is -0.113. The lowest BCUT2D eigenvalue weighted by Crippen LogP contribution is -2.35. The smallest absolute Gasteiger partial charge is 0.275 e. The molecule has 0 fully saturated rings. The molecule has 5 nitrogen and oxygen atoms in total. The topological polar surface area (TPSA) is 84.2 Å². The molecule has 0 radical (unpaired) electrons. The number of nitrogens with two attached hydrogens (primary N) is 1. The number of anilines is 2. The molecule has 0 aliphatic heterocycles. The van der Waals surface area contributed by atoms with Gasteiger partial charge in [-0.25, -0.2) is 0 Å². The summed E-state index contributed by atoms with van der Waals surface area (Å²) in [5.41, 5.74) is 7.63. The summed E-state index contributed by atoms with van der Waals surface area (Å²) in [5.74, 6) is 1.10. The fraction of sp³-hybridized carbons (Fsp3) is 0. The second-order valence-corrected chi connectivity index (χ2v) is 12.4. The maximum Gasteiger partial charge on any atom is 0.275 e. The highest BCUT2D eigenvalue weighted by Crippen LogP contribution is 2.57. The Labute approximate surface area is 234 Å². The maximum atomic E-state index is 14.0. The fourth-order valence-corrected chi connectivity index (χ4v) is 8.42. The Balaban J connectivity index is 1.74. The van der Waals surface area contributed by atoms with E-state index in [0.717, 1.165) is 15.9 Å². The standard InChI is InChI=1S/C34H28N3O2P/c35-30-23-13-14-24-31(30)36-34(39)32(37-33(38)26-15-5-1-6-16-26)25-40(27-17-7-2-8-18-27,28-19-9-3-10-20-28)29-21-11-4-12-22-29/h1-25H,35H2,(H-,36,37,38,39)/p+1/b32-25+. The van der Waals surface area contributed by atoms with Crippen molar-refractivity contribution in [3.8, 4) is 0 Å². The molecular formula is C34H29N3O2P+. The van der Waals surface area contributed by atoms with Crippen molar-refractivity contribution < 1.29 is 9.59 Å². The Morgan fingerprint density at radius 1 is 0.575 bits per heavy atom. The van der Waals surface area contributed by atoms with Crippen LogP contribution < -0.4 is 32.3 Å². The highest BCUT2D eigenvalue weighted by molar-refractivity contribution is 7.98. The van der Waals surface area contributed by atoms with Crippen LogP contribution in [0.25, 0.3) is 0 Å². The monoisotopic (exact) mass is 542 g/mol. The highest BCUT2D eigenvalue weighted by atomic mass is 31.2. The van der Waals surface area contributed by atoms with Crippen molar-refractivity contribution in [2.45, 2.75) is 0 Å². The predicted octanol–water partition coefficient (Wildman–Crippen LogP) is 5.47. The van der Waals surface area contributed by atoms with Gasteiger partial charge in [-0.15, -0.1) is 0 Å². The van der Waals surface area contributed by atoms with Crippen molar-refractivity contribution in [1.29, 1.82) is 0 Å². The normalized spacial score (nSPS) is 11.4. The van der Waals surface area contributed by atoms with Gasteiger partial charge < -0.3 is 16.4 Å². The molecule has 5 rings (SSSR count). The largest absolute Gasteiger partial charge is 0.397 e. The van der Waals surface area contributed by atoms with E-state index in [2.05, 4.69) is 47.0 Å². The summed E-state index contributed by atoms with van der Waals surface area (Å²) >= 11 is 0. The zero-order valence-electron chi connectivity index (χ0n) is 21.8. The van der Waals surface area contributed by atoms with Crippen LogP contribution in [0.15, 0.2) is 157 Å². The van der Waals surface area contributed by atoms with Crippen LogP contribution in [0.3, 0.4) is 0 Å². The number of benzene rings is 5. The molecule has 0 spiro atoms. The number of carbonyl (C=O) groups excluding carboxylic acids is 2. The molecule has 4 N–H and O–H groups in total. The van der Waals surface area contributed by atoms with Crippen LogP contribution in [0, 0.1) is 0 Å². The van der Waals surface area contributed by atoms with Crippen molar-refractivity contribution in [3.05, 3.63) is 163 Å². The van der Waals surface area contributed by atoms with Crippen molar-refractivity contribution >= 4 is 46.4 Å². The van der Waals surface area contributed by atoms with E-state index < -0.39 is 13.2 Å². The molecule has 5 aromatic rings. The van der Waals surface area contributed by atoms with E-state index in [9.17, 15) is 9.59 Å². The summed E-state index contributed by atoms with van der Waals surface area (Å²) in [4.78, 5) is 27.4. The number of nitrogens with one attached hydrogen (secondary N) is 2. The van der Waals surface area contributed by atoms with Crippen molar-refractivity contribution in [3.63, 3.8) is 0 Å². The molecule has 0 saturated heterocycles. The van der Waals surface area contributed by atoms with Crippen molar-refractivity contribution in [1.82, 2.24) is 5.32 Å². The Morgan fingerprint density at radius 2 is 1.00 bits per heavy atom. The van der Waals surface area contributed by atoms with Gasteiger partial charge in [0.2, 0.25) is 0 Å². The molecule has 2 amide bonds. The van der Waals surface area contributed by atoms with E-state index in [1.807, 2.05) is 66.5 Å². The third-order valence-corrected chi connectivity index (χ3v) is 10.5. The Kier molecular flexibility index (Phi) is 8.15. The molecule has 0 atom stereocenters. The second kappa shape index (κ2) is 12.2.